The average Bonchev–Trinajstić information content (AvgIpc) is 2.38. The van der Waals surface area contributed by atoms with Crippen LogP contribution in [0.2, 0.25) is 0 Å². The van der Waals surface area contributed by atoms with Crippen LogP contribution >= 0.6 is 0 Å². The third-order valence-corrected chi connectivity index (χ3v) is 3.53. The summed E-state index contributed by atoms with van der Waals surface area (Å²) in [6.45, 7) is 8.96. The number of ether oxygens (including phenoxy) is 1. The van der Waals surface area contributed by atoms with Crippen molar-refractivity contribution in [1.29, 1.82) is 0 Å². The molecule has 0 radical (unpaired) electrons. The molecule has 3 heteroatoms. The Hall–Kier alpha value is -0.930. The third-order valence-electron chi connectivity index (χ3n) is 3.53. The lowest BCUT2D eigenvalue weighted by Crippen LogP contribution is -2.37. The molecule has 0 amide bonds. The van der Waals surface area contributed by atoms with Crippen molar-refractivity contribution in [3.63, 3.8) is 0 Å². The summed E-state index contributed by atoms with van der Waals surface area (Å²) in [4.78, 5) is 2.41. The van der Waals surface area contributed by atoms with Crippen LogP contribution in [0.1, 0.15) is 30.9 Å². The van der Waals surface area contributed by atoms with E-state index in [1.54, 1.807) is 12.1 Å². The Balaban J connectivity index is 1.99. The van der Waals surface area contributed by atoms with Gasteiger partial charge in [0.25, 0.3) is 0 Å². The van der Waals surface area contributed by atoms with Crippen LogP contribution in [0.4, 0.5) is 4.39 Å². The van der Waals surface area contributed by atoms with E-state index >= 15 is 0 Å². The highest BCUT2D eigenvalue weighted by Gasteiger charge is 2.12. The molecular weight excluding hydrogens is 229 g/mol. The standard InChI is InChI=1S/C15H22FNO/c1-12(2)15-11-14(16)4-3-13(15)5-6-17-7-9-18-10-8-17/h3-4,11-12H,5-10H2,1-2H3. The normalized spacial score (nSPS) is 17.3. The van der Waals surface area contributed by atoms with E-state index in [4.69, 9.17) is 4.74 Å². The molecule has 2 rings (SSSR count). The van der Waals surface area contributed by atoms with E-state index in [0.717, 1.165) is 44.8 Å². The van der Waals surface area contributed by atoms with Gasteiger partial charge in [0.2, 0.25) is 0 Å². The smallest absolute Gasteiger partial charge is 0.123 e. The van der Waals surface area contributed by atoms with E-state index in [0.29, 0.717) is 5.92 Å². The van der Waals surface area contributed by atoms with Gasteiger partial charge in [-0.15, -0.1) is 0 Å². The van der Waals surface area contributed by atoms with E-state index in [2.05, 4.69) is 18.7 Å². The van der Waals surface area contributed by atoms with Crippen LogP contribution in [0, 0.1) is 5.82 Å². The van der Waals surface area contributed by atoms with Crippen molar-refractivity contribution in [3.05, 3.63) is 35.1 Å². The summed E-state index contributed by atoms with van der Waals surface area (Å²) in [6, 6.07) is 5.19. The summed E-state index contributed by atoms with van der Waals surface area (Å²) >= 11 is 0. The molecule has 18 heavy (non-hydrogen) atoms. The van der Waals surface area contributed by atoms with Gasteiger partial charge in [-0.2, -0.15) is 0 Å². The zero-order valence-corrected chi connectivity index (χ0v) is 11.3. The van der Waals surface area contributed by atoms with Crippen molar-refractivity contribution < 1.29 is 9.13 Å². The number of benzene rings is 1. The van der Waals surface area contributed by atoms with Gasteiger partial charge >= 0.3 is 0 Å². The van der Waals surface area contributed by atoms with Crippen LogP contribution < -0.4 is 0 Å². The summed E-state index contributed by atoms with van der Waals surface area (Å²) in [5, 5.41) is 0. The monoisotopic (exact) mass is 251 g/mol. The summed E-state index contributed by atoms with van der Waals surface area (Å²) in [5.74, 6) is 0.245. The fourth-order valence-electron chi connectivity index (χ4n) is 2.43. The molecule has 0 bridgehead atoms. The molecule has 100 valence electrons. The van der Waals surface area contributed by atoms with Crippen molar-refractivity contribution in [3.8, 4) is 0 Å². The summed E-state index contributed by atoms with van der Waals surface area (Å²) < 4.78 is 18.6. The highest BCUT2D eigenvalue weighted by molar-refractivity contribution is 5.30. The second-order valence-electron chi connectivity index (χ2n) is 5.20. The Morgan fingerprint density at radius 3 is 2.67 bits per heavy atom. The molecule has 0 atom stereocenters. The number of hydrogen-bond donors (Lipinski definition) is 0. The van der Waals surface area contributed by atoms with Gasteiger partial charge < -0.3 is 4.74 Å². The Labute approximate surface area is 109 Å². The molecule has 0 aliphatic carbocycles. The van der Waals surface area contributed by atoms with Gasteiger partial charge in [0.15, 0.2) is 0 Å². The lowest BCUT2D eigenvalue weighted by atomic mass is 9.95. The topological polar surface area (TPSA) is 12.5 Å². The summed E-state index contributed by atoms with van der Waals surface area (Å²) in [7, 11) is 0. The van der Waals surface area contributed by atoms with Gasteiger partial charge in [0.1, 0.15) is 5.82 Å². The fraction of sp³-hybridized carbons (Fsp3) is 0.600. The Bertz CT molecular complexity index is 386. The second kappa shape index (κ2) is 6.30. The summed E-state index contributed by atoms with van der Waals surface area (Å²) in [5.41, 5.74) is 2.42. The van der Waals surface area contributed by atoms with Crippen LogP contribution in [-0.2, 0) is 11.2 Å². The molecule has 1 aromatic rings. The predicted molar refractivity (Wildman–Crippen MR) is 71.5 cm³/mol. The van der Waals surface area contributed by atoms with E-state index in [1.807, 2.05) is 6.07 Å². The van der Waals surface area contributed by atoms with Crippen molar-refractivity contribution in [2.24, 2.45) is 0 Å². The largest absolute Gasteiger partial charge is 0.379 e. The van der Waals surface area contributed by atoms with Gasteiger partial charge in [-0.05, 0) is 35.6 Å². The van der Waals surface area contributed by atoms with Gasteiger partial charge in [-0.25, -0.2) is 4.39 Å². The van der Waals surface area contributed by atoms with E-state index < -0.39 is 0 Å². The van der Waals surface area contributed by atoms with Crippen molar-refractivity contribution in [2.75, 3.05) is 32.8 Å². The molecule has 1 saturated heterocycles. The van der Waals surface area contributed by atoms with Crippen LogP contribution in [-0.4, -0.2) is 37.7 Å². The van der Waals surface area contributed by atoms with Crippen LogP contribution in [0.3, 0.4) is 0 Å². The van der Waals surface area contributed by atoms with E-state index in [-0.39, 0.29) is 5.82 Å². The lowest BCUT2D eigenvalue weighted by molar-refractivity contribution is 0.0384. The van der Waals surface area contributed by atoms with Crippen molar-refractivity contribution in [1.82, 2.24) is 4.90 Å². The van der Waals surface area contributed by atoms with Crippen LogP contribution in [0.5, 0.6) is 0 Å². The predicted octanol–water partition coefficient (Wildman–Crippen LogP) is 2.82. The van der Waals surface area contributed by atoms with Crippen molar-refractivity contribution in [2.45, 2.75) is 26.2 Å². The Morgan fingerprint density at radius 2 is 2.00 bits per heavy atom. The number of nitrogens with zero attached hydrogens (tertiary/aromatic N) is 1. The molecule has 0 spiro atoms. The first-order chi connectivity index (χ1) is 8.66. The molecule has 2 nitrogen and oxygen atoms in total. The number of halogens is 1. The first-order valence-corrected chi connectivity index (χ1v) is 6.75. The van der Waals surface area contributed by atoms with Crippen molar-refractivity contribution >= 4 is 0 Å². The Kier molecular flexibility index (Phi) is 4.72. The van der Waals surface area contributed by atoms with Crippen LogP contribution in [0.15, 0.2) is 18.2 Å². The van der Waals surface area contributed by atoms with E-state index in [9.17, 15) is 4.39 Å². The van der Waals surface area contributed by atoms with Gasteiger partial charge in [0, 0.05) is 19.6 Å². The number of rotatable bonds is 4. The van der Waals surface area contributed by atoms with Gasteiger partial charge in [-0.1, -0.05) is 19.9 Å². The molecule has 1 aliphatic heterocycles. The van der Waals surface area contributed by atoms with E-state index in [1.165, 1.54) is 5.56 Å². The maximum Gasteiger partial charge on any atom is 0.123 e. The molecule has 0 unspecified atom stereocenters. The molecular formula is C15H22FNO. The quantitative estimate of drug-likeness (QED) is 0.816. The number of morpholine rings is 1. The molecule has 1 fully saturated rings. The molecule has 0 aromatic heterocycles. The fourth-order valence-corrected chi connectivity index (χ4v) is 2.43. The first-order valence-electron chi connectivity index (χ1n) is 6.75. The maximum absolute atomic E-state index is 13.3. The first kappa shape index (κ1) is 13.5. The zero-order chi connectivity index (χ0) is 13.0. The highest BCUT2D eigenvalue weighted by atomic mass is 19.1. The molecule has 1 aliphatic rings. The molecule has 1 heterocycles. The second-order valence-corrected chi connectivity index (χ2v) is 5.20. The zero-order valence-electron chi connectivity index (χ0n) is 11.3. The Morgan fingerprint density at radius 1 is 1.28 bits per heavy atom. The summed E-state index contributed by atoms with van der Waals surface area (Å²) in [6.07, 6.45) is 0.994. The maximum atomic E-state index is 13.3. The molecule has 0 saturated carbocycles. The molecule has 1 aromatic carbocycles. The minimum atomic E-state index is -0.131. The minimum Gasteiger partial charge on any atom is -0.379 e. The minimum absolute atomic E-state index is 0.131. The lowest BCUT2D eigenvalue weighted by Gasteiger charge is -2.27. The molecule has 0 N–H and O–H groups in total. The SMILES string of the molecule is CC(C)c1cc(F)ccc1CCN1CCOCC1. The third kappa shape index (κ3) is 3.53. The van der Waals surface area contributed by atoms with Gasteiger partial charge in [0.05, 0.1) is 13.2 Å². The van der Waals surface area contributed by atoms with Crippen LogP contribution in [0.25, 0.3) is 0 Å². The average molecular weight is 251 g/mol. The number of hydrogen-bond acceptors (Lipinski definition) is 2. The highest BCUT2D eigenvalue weighted by Crippen LogP contribution is 2.21. The van der Waals surface area contributed by atoms with Gasteiger partial charge in [-0.3, -0.25) is 4.90 Å².